The fraction of sp³-hybridized carbons (Fsp3) is 0.615. The lowest BCUT2D eigenvalue weighted by atomic mass is 10.3. The highest BCUT2D eigenvalue weighted by atomic mass is 35.5. The average molecular weight is 272 g/mol. The second kappa shape index (κ2) is 8.29. The van der Waals surface area contributed by atoms with E-state index in [-0.39, 0.29) is 0 Å². The van der Waals surface area contributed by atoms with Crippen molar-refractivity contribution in [2.75, 3.05) is 33.3 Å². The monoisotopic (exact) mass is 271 g/mol. The Bertz CT molecular complexity index is 356. The van der Waals surface area contributed by atoms with Crippen molar-refractivity contribution in [1.29, 1.82) is 0 Å². The van der Waals surface area contributed by atoms with Crippen LogP contribution in [0.3, 0.4) is 0 Å². The third-order valence-corrected chi connectivity index (χ3v) is 3.13. The summed E-state index contributed by atoms with van der Waals surface area (Å²) in [5.41, 5.74) is 0.819. The first-order chi connectivity index (χ1) is 8.71. The Labute approximate surface area is 114 Å². The first kappa shape index (κ1) is 15.2. The maximum absolute atomic E-state index is 6.04. The zero-order chi connectivity index (χ0) is 13.4. The lowest BCUT2D eigenvalue weighted by Crippen LogP contribution is -2.28. The van der Waals surface area contributed by atoms with E-state index in [1.807, 2.05) is 19.2 Å². The summed E-state index contributed by atoms with van der Waals surface area (Å²) in [6.07, 6.45) is 0. The lowest BCUT2D eigenvalue weighted by Gasteiger charge is -2.17. The Morgan fingerprint density at radius 3 is 2.67 bits per heavy atom. The van der Waals surface area contributed by atoms with Gasteiger partial charge >= 0.3 is 0 Å². The van der Waals surface area contributed by atoms with Gasteiger partial charge in [-0.1, -0.05) is 25.4 Å². The summed E-state index contributed by atoms with van der Waals surface area (Å²) >= 11 is 6.04. The molecule has 0 fully saturated rings. The van der Waals surface area contributed by atoms with Crippen molar-refractivity contribution < 1.29 is 4.74 Å². The second-order valence-corrected chi connectivity index (χ2v) is 4.39. The predicted octanol–water partition coefficient (Wildman–Crippen LogP) is 2.17. The molecule has 1 heterocycles. The number of likely N-dealkylation sites (N-methyl/N-ethyl adjacent to an activating group) is 1. The van der Waals surface area contributed by atoms with Crippen LogP contribution in [0.25, 0.3) is 0 Å². The van der Waals surface area contributed by atoms with Crippen LogP contribution in [-0.2, 0) is 6.54 Å². The van der Waals surface area contributed by atoms with Crippen molar-refractivity contribution in [1.82, 2.24) is 15.2 Å². The SMILES string of the molecule is CCN(CC)CCOc1ccc(Cl)c(CNC)n1. The molecule has 18 heavy (non-hydrogen) atoms. The van der Waals surface area contributed by atoms with Gasteiger partial charge in [0, 0.05) is 19.2 Å². The largest absolute Gasteiger partial charge is 0.476 e. The van der Waals surface area contributed by atoms with Crippen LogP contribution < -0.4 is 10.1 Å². The van der Waals surface area contributed by atoms with E-state index in [2.05, 4.69) is 29.0 Å². The number of rotatable bonds is 8. The van der Waals surface area contributed by atoms with Crippen molar-refractivity contribution in [3.05, 3.63) is 22.8 Å². The summed E-state index contributed by atoms with van der Waals surface area (Å²) in [4.78, 5) is 6.69. The molecule has 0 radical (unpaired) electrons. The molecule has 0 saturated carbocycles. The van der Waals surface area contributed by atoms with Gasteiger partial charge in [0.2, 0.25) is 5.88 Å². The predicted molar refractivity (Wildman–Crippen MR) is 75.3 cm³/mol. The van der Waals surface area contributed by atoms with Crippen molar-refractivity contribution in [3.63, 3.8) is 0 Å². The maximum atomic E-state index is 6.04. The summed E-state index contributed by atoms with van der Waals surface area (Å²) in [6.45, 7) is 8.59. The fourth-order valence-corrected chi connectivity index (χ4v) is 1.83. The topological polar surface area (TPSA) is 37.4 Å². The van der Waals surface area contributed by atoms with Crippen molar-refractivity contribution >= 4 is 11.6 Å². The number of hydrogen-bond donors (Lipinski definition) is 1. The molecule has 0 atom stereocenters. The molecule has 0 bridgehead atoms. The Morgan fingerprint density at radius 2 is 2.06 bits per heavy atom. The molecule has 0 amide bonds. The first-order valence-corrected chi connectivity index (χ1v) is 6.74. The molecule has 0 saturated heterocycles. The van der Waals surface area contributed by atoms with E-state index in [1.165, 1.54) is 0 Å². The molecule has 0 aromatic carbocycles. The fourth-order valence-electron chi connectivity index (χ4n) is 1.66. The van der Waals surface area contributed by atoms with Crippen molar-refractivity contribution in [3.8, 4) is 5.88 Å². The summed E-state index contributed by atoms with van der Waals surface area (Å²) in [7, 11) is 1.87. The number of halogens is 1. The Kier molecular flexibility index (Phi) is 7.01. The van der Waals surface area contributed by atoms with Gasteiger partial charge in [-0.2, -0.15) is 0 Å². The molecule has 0 spiro atoms. The summed E-state index contributed by atoms with van der Waals surface area (Å²) in [6, 6.07) is 3.64. The van der Waals surface area contributed by atoms with E-state index in [9.17, 15) is 0 Å². The standard InChI is InChI=1S/C13H22ClN3O/c1-4-17(5-2)8-9-18-13-7-6-11(14)12(16-13)10-15-3/h6-7,15H,4-5,8-10H2,1-3H3. The number of pyridine rings is 1. The number of aromatic nitrogens is 1. The van der Waals surface area contributed by atoms with Crippen LogP contribution in [0.2, 0.25) is 5.02 Å². The van der Waals surface area contributed by atoms with Gasteiger partial charge in [0.05, 0.1) is 10.7 Å². The Morgan fingerprint density at radius 1 is 1.33 bits per heavy atom. The molecule has 1 aromatic rings. The summed E-state index contributed by atoms with van der Waals surface area (Å²) in [5, 5.41) is 3.70. The molecule has 1 N–H and O–H groups in total. The van der Waals surface area contributed by atoms with E-state index in [1.54, 1.807) is 0 Å². The first-order valence-electron chi connectivity index (χ1n) is 6.36. The lowest BCUT2D eigenvalue weighted by molar-refractivity contribution is 0.217. The molecule has 1 aromatic heterocycles. The van der Waals surface area contributed by atoms with Gasteiger partial charge in [-0.25, -0.2) is 4.98 Å². The van der Waals surface area contributed by atoms with Crippen molar-refractivity contribution in [2.45, 2.75) is 20.4 Å². The molecule has 0 aliphatic heterocycles. The van der Waals surface area contributed by atoms with Gasteiger partial charge in [-0.3, -0.25) is 0 Å². The van der Waals surface area contributed by atoms with Crippen molar-refractivity contribution in [2.24, 2.45) is 0 Å². The average Bonchev–Trinajstić information content (AvgIpc) is 2.38. The Balaban J connectivity index is 2.49. The quantitative estimate of drug-likeness (QED) is 0.786. The summed E-state index contributed by atoms with van der Waals surface area (Å²) in [5.74, 6) is 0.636. The van der Waals surface area contributed by atoms with Crippen LogP contribution in [0, 0.1) is 0 Å². The second-order valence-electron chi connectivity index (χ2n) is 3.98. The molecule has 0 unspecified atom stereocenters. The molecular weight excluding hydrogens is 250 g/mol. The van der Waals surface area contributed by atoms with Crippen LogP contribution in [0.15, 0.2) is 12.1 Å². The van der Waals surface area contributed by atoms with E-state index in [4.69, 9.17) is 16.3 Å². The van der Waals surface area contributed by atoms with Crippen LogP contribution in [0.4, 0.5) is 0 Å². The van der Waals surface area contributed by atoms with Gasteiger partial charge in [0.1, 0.15) is 6.61 Å². The number of hydrogen-bond acceptors (Lipinski definition) is 4. The van der Waals surface area contributed by atoms with Gasteiger partial charge in [-0.05, 0) is 26.2 Å². The van der Waals surface area contributed by atoms with Gasteiger partial charge in [-0.15, -0.1) is 0 Å². The highest BCUT2D eigenvalue weighted by molar-refractivity contribution is 6.31. The van der Waals surface area contributed by atoms with Crippen LogP contribution >= 0.6 is 11.6 Å². The number of ether oxygens (including phenoxy) is 1. The third-order valence-electron chi connectivity index (χ3n) is 2.79. The molecule has 102 valence electrons. The molecule has 0 aliphatic carbocycles. The van der Waals surface area contributed by atoms with E-state index in [0.29, 0.717) is 24.1 Å². The van der Waals surface area contributed by atoms with E-state index in [0.717, 1.165) is 25.3 Å². The zero-order valence-corrected chi connectivity index (χ0v) is 12.1. The smallest absolute Gasteiger partial charge is 0.213 e. The highest BCUT2D eigenvalue weighted by Gasteiger charge is 2.05. The Hall–Kier alpha value is -0.840. The molecule has 5 heteroatoms. The van der Waals surface area contributed by atoms with Gasteiger partial charge < -0.3 is 15.0 Å². The number of nitrogens with zero attached hydrogens (tertiary/aromatic N) is 2. The molecular formula is C13H22ClN3O. The third kappa shape index (κ3) is 4.80. The van der Waals surface area contributed by atoms with E-state index >= 15 is 0 Å². The van der Waals surface area contributed by atoms with Gasteiger partial charge in [0.15, 0.2) is 0 Å². The molecule has 1 rings (SSSR count). The van der Waals surface area contributed by atoms with E-state index < -0.39 is 0 Å². The maximum Gasteiger partial charge on any atom is 0.213 e. The molecule has 0 aliphatic rings. The minimum Gasteiger partial charge on any atom is -0.476 e. The number of nitrogens with one attached hydrogen (secondary N) is 1. The minimum atomic E-state index is 0.636. The highest BCUT2D eigenvalue weighted by Crippen LogP contribution is 2.17. The van der Waals surface area contributed by atoms with Crippen LogP contribution in [-0.4, -0.2) is 43.2 Å². The summed E-state index contributed by atoms with van der Waals surface area (Å²) < 4.78 is 5.64. The van der Waals surface area contributed by atoms with Gasteiger partial charge in [0.25, 0.3) is 0 Å². The van der Waals surface area contributed by atoms with Crippen LogP contribution in [0.1, 0.15) is 19.5 Å². The van der Waals surface area contributed by atoms with Crippen LogP contribution in [0.5, 0.6) is 5.88 Å². The zero-order valence-electron chi connectivity index (χ0n) is 11.4. The molecule has 4 nitrogen and oxygen atoms in total. The minimum absolute atomic E-state index is 0.636. The normalized spacial score (nSPS) is 10.9.